The topological polar surface area (TPSA) is 77.5 Å². The molecule has 8 heteroatoms. The van der Waals surface area contributed by atoms with Gasteiger partial charge in [-0.05, 0) is 52.0 Å². The summed E-state index contributed by atoms with van der Waals surface area (Å²) in [7, 11) is -4.34. The second-order valence-electron chi connectivity index (χ2n) is 6.95. The van der Waals surface area contributed by atoms with E-state index < -0.39 is 28.3 Å². The number of anilines is 1. The SMILES string of the molecule is CC1(C)OB(c2cccc(NS(=O)(=O)c3ccccc3)n2)OC1(C)C. The standard InChI is InChI=1S/C17H21BN2O4S/c1-16(2)17(3,4)24-18(23-16)14-11-8-12-15(19-14)20-25(21,22)13-9-6-5-7-10-13/h5-12H,1-4H3,(H,19,20). The van der Waals surface area contributed by atoms with Crippen LogP contribution in [0, 0.1) is 0 Å². The molecule has 0 spiro atoms. The highest BCUT2D eigenvalue weighted by Gasteiger charge is 2.52. The molecule has 0 aliphatic carbocycles. The van der Waals surface area contributed by atoms with Gasteiger partial charge in [-0.1, -0.05) is 24.3 Å². The predicted molar refractivity (Wildman–Crippen MR) is 97.2 cm³/mol. The van der Waals surface area contributed by atoms with Gasteiger partial charge in [0.15, 0.2) is 0 Å². The highest BCUT2D eigenvalue weighted by Crippen LogP contribution is 2.36. The van der Waals surface area contributed by atoms with Crippen LogP contribution in [-0.2, 0) is 19.3 Å². The molecule has 1 aromatic carbocycles. The van der Waals surface area contributed by atoms with Crippen molar-refractivity contribution in [1.82, 2.24) is 4.98 Å². The summed E-state index contributed by atoms with van der Waals surface area (Å²) in [5, 5.41) is 0. The van der Waals surface area contributed by atoms with E-state index in [-0.39, 0.29) is 10.7 Å². The molecule has 6 nitrogen and oxygen atoms in total. The van der Waals surface area contributed by atoms with Crippen LogP contribution in [0.25, 0.3) is 0 Å². The number of nitrogens with one attached hydrogen (secondary N) is 1. The van der Waals surface area contributed by atoms with Gasteiger partial charge in [0, 0.05) is 0 Å². The zero-order chi connectivity index (χ0) is 18.3. The van der Waals surface area contributed by atoms with Crippen molar-refractivity contribution in [2.45, 2.75) is 43.8 Å². The molecule has 0 saturated carbocycles. The number of nitrogens with zero attached hydrogens (tertiary/aromatic N) is 1. The Morgan fingerprint density at radius 3 is 2.12 bits per heavy atom. The summed E-state index contributed by atoms with van der Waals surface area (Å²) in [6, 6.07) is 13.2. The Morgan fingerprint density at radius 1 is 0.920 bits per heavy atom. The van der Waals surface area contributed by atoms with Crippen LogP contribution in [0.2, 0.25) is 0 Å². The van der Waals surface area contributed by atoms with Gasteiger partial charge in [0.2, 0.25) is 0 Å². The van der Waals surface area contributed by atoms with Crippen LogP contribution < -0.4 is 10.3 Å². The fourth-order valence-corrected chi connectivity index (χ4v) is 3.42. The van der Waals surface area contributed by atoms with Gasteiger partial charge in [0.05, 0.1) is 21.7 Å². The second-order valence-corrected chi connectivity index (χ2v) is 8.64. The average molecular weight is 360 g/mol. The molecule has 0 unspecified atom stereocenters. The minimum absolute atomic E-state index is 0.179. The number of rotatable bonds is 4. The summed E-state index contributed by atoms with van der Waals surface area (Å²) in [6.45, 7) is 7.81. The minimum atomic E-state index is -3.69. The van der Waals surface area contributed by atoms with Crippen LogP contribution in [0.15, 0.2) is 53.4 Å². The van der Waals surface area contributed by atoms with Crippen LogP contribution in [0.4, 0.5) is 5.82 Å². The lowest BCUT2D eigenvalue weighted by atomic mass is 9.84. The molecule has 0 radical (unpaired) electrons. The number of hydrogen-bond acceptors (Lipinski definition) is 5. The van der Waals surface area contributed by atoms with Gasteiger partial charge in [-0.25, -0.2) is 13.4 Å². The summed E-state index contributed by atoms with van der Waals surface area (Å²) in [6.07, 6.45) is 0. The van der Waals surface area contributed by atoms with Gasteiger partial charge >= 0.3 is 7.12 Å². The molecule has 1 fully saturated rings. The Morgan fingerprint density at radius 2 is 1.52 bits per heavy atom. The maximum Gasteiger partial charge on any atom is 0.514 e. The van der Waals surface area contributed by atoms with Gasteiger partial charge in [-0.2, -0.15) is 0 Å². The zero-order valence-electron chi connectivity index (χ0n) is 14.7. The van der Waals surface area contributed by atoms with E-state index in [1.54, 1.807) is 36.4 Å². The van der Waals surface area contributed by atoms with Crippen molar-refractivity contribution < 1.29 is 17.7 Å². The number of hydrogen-bond donors (Lipinski definition) is 1. The minimum Gasteiger partial charge on any atom is -0.398 e. The highest BCUT2D eigenvalue weighted by atomic mass is 32.2. The fourth-order valence-electron chi connectivity index (χ4n) is 2.40. The van der Waals surface area contributed by atoms with E-state index in [9.17, 15) is 8.42 Å². The van der Waals surface area contributed by atoms with E-state index in [0.29, 0.717) is 5.59 Å². The van der Waals surface area contributed by atoms with Crippen molar-refractivity contribution in [3.8, 4) is 0 Å². The Bertz CT molecular complexity index is 853. The molecule has 3 rings (SSSR count). The summed E-state index contributed by atoms with van der Waals surface area (Å²) in [4.78, 5) is 4.53. The number of benzene rings is 1. The highest BCUT2D eigenvalue weighted by molar-refractivity contribution is 7.92. The molecule has 1 aliphatic heterocycles. The van der Waals surface area contributed by atoms with Crippen LogP contribution in [0.3, 0.4) is 0 Å². The van der Waals surface area contributed by atoms with Crippen molar-refractivity contribution in [3.63, 3.8) is 0 Å². The first-order valence-corrected chi connectivity index (χ1v) is 9.49. The molecule has 1 aromatic heterocycles. The summed E-state index contributed by atoms with van der Waals surface area (Å²) in [5.74, 6) is 0.219. The number of sulfonamides is 1. The van der Waals surface area contributed by atoms with E-state index in [4.69, 9.17) is 9.31 Å². The molecule has 0 amide bonds. The maximum absolute atomic E-state index is 12.4. The molecular formula is C17H21BN2O4S. The first-order chi connectivity index (χ1) is 11.6. The van der Waals surface area contributed by atoms with E-state index in [2.05, 4.69) is 9.71 Å². The van der Waals surface area contributed by atoms with Gasteiger partial charge in [-0.15, -0.1) is 0 Å². The number of aromatic nitrogens is 1. The predicted octanol–water partition coefficient (Wildman–Crippen LogP) is 2.18. The van der Waals surface area contributed by atoms with Gasteiger partial charge in [0.1, 0.15) is 5.82 Å². The Labute approximate surface area is 148 Å². The molecule has 132 valence electrons. The van der Waals surface area contributed by atoms with Crippen molar-refractivity contribution in [1.29, 1.82) is 0 Å². The Kier molecular flexibility index (Phi) is 4.39. The Hall–Kier alpha value is -1.90. The van der Waals surface area contributed by atoms with Crippen molar-refractivity contribution in [2.24, 2.45) is 0 Å². The third-order valence-corrected chi connectivity index (χ3v) is 5.93. The molecule has 0 atom stereocenters. The van der Waals surface area contributed by atoms with Crippen LogP contribution >= 0.6 is 0 Å². The zero-order valence-corrected chi connectivity index (χ0v) is 15.5. The average Bonchev–Trinajstić information content (AvgIpc) is 2.76. The molecule has 25 heavy (non-hydrogen) atoms. The lowest BCUT2D eigenvalue weighted by Gasteiger charge is -2.32. The van der Waals surface area contributed by atoms with Crippen molar-refractivity contribution in [3.05, 3.63) is 48.5 Å². The van der Waals surface area contributed by atoms with E-state index in [1.165, 1.54) is 12.1 Å². The van der Waals surface area contributed by atoms with E-state index in [0.717, 1.165) is 0 Å². The molecule has 1 N–H and O–H groups in total. The normalized spacial score (nSPS) is 19.0. The molecule has 1 saturated heterocycles. The fraction of sp³-hybridized carbons (Fsp3) is 0.353. The second kappa shape index (κ2) is 6.12. The van der Waals surface area contributed by atoms with Crippen LogP contribution in [-0.4, -0.2) is 31.7 Å². The van der Waals surface area contributed by atoms with E-state index in [1.807, 2.05) is 27.7 Å². The number of pyridine rings is 1. The van der Waals surface area contributed by atoms with E-state index >= 15 is 0 Å². The van der Waals surface area contributed by atoms with Gasteiger partial charge < -0.3 is 9.31 Å². The molecule has 1 aliphatic rings. The monoisotopic (exact) mass is 360 g/mol. The summed E-state index contributed by atoms with van der Waals surface area (Å²) in [5.41, 5.74) is -0.454. The van der Waals surface area contributed by atoms with Crippen LogP contribution in [0.1, 0.15) is 27.7 Å². The molecule has 2 aromatic rings. The summed E-state index contributed by atoms with van der Waals surface area (Å²) >= 11 is 0. The smallest absolute Gasteiger partial charge is 0.398 e. The third kappa shape index (κ3) is 3.56. The third-order valence-electron chi connectivity index (χ3n) is 4.56. The Balaban J connectivity index is 1.84. The lowest BCUT2D eigenvalue weighted by Crippen LogP contribution is -2.41. The van der Waals surface area contributed by atoms with Crippen LogP contribution in [0.5, 0.6) is 0 Å². The molecule has 0 bridgehead atoms. The van der Waals surface area contributed by atoms with Crippen molar-refractivity contribution in [2.75, 3.05) is 4.72 Å². The molecular weight excluding hydrogens is 339 g/mol. The van der Waals surface area contributed by atoms with Gasteiger partial charge in [0.25, 0.3) is 10.0 Å². The largest absolute Gasteiger partial charge is 0.514 e. The van der Waals surface area contributed by atoms with Crippen molar-refractivity contribution >= 4 is 28.6 Å². The maximum atomic E-state index is 12.4. The quantitative estimate of drug-likeness (QED) is 0.846. The first kappa shape index (κ1) is 17.9. The first-order valence-electron chi connectivity index (χ1n) is 8.01. The van der Waals surface area contributed by atoms with Gasteiger partial charge in [-0.3, -0.25) is 4.72 Å². The lowest BCUT2D eigenvalue weighted by molar-refractivity contribution is 0.00578. The molecule has 2 heterocycles. The summed E-state index contributed by atoms with van der Waals surface area (Å²) < 4.78 is 39.3.